The molecule has 0 spiro atoms. The predicted molar refractivity (Wildman–Crippen MR) is 103 cm³/mol. The number of carbonyl (C=O) groups is 2. The Kier molecular flexibility index (Phi) is 7.74. The normalized spacial score (nSPS) is 13.5. The molecule has 3 N–H and O–H groups in total. The van der Waals surface area contributed by atoms with E-state index in [9.17, 15) is 34.9 Å². The molecule has 1 rings (SSSR count). The number of aliphatic hydroxyl groups is 1. The molecule has 0 aromatic heterocycles. The number of rotatable bonds is 9. The lowest BCUT2D eigenvalue weighted by Crippen LogP contribution is -2.62. The maximum absolute atomic E-state index is 12.7. The highest BCUT2D eigenvalue weighted by Gasteiger charge is 2.31. The van der Waals surface area contributed by atoms with Crippen molar-refractivity contribution in [3.05, 3.63) is 44.0 Å². The SMILES string of the molecule is CC(O)C[N+](C)(C)NC(=O)C(NC(=O)c1cc([N+](=O)[O-])cc([N+](=O)[O-])c1)C(C)C. The monoisotopic (exact) mass is 412 g/mol. The van der Waals surface area contributed by atoms with Crippen molar-refractivity contribution >= 4 is 23.2 Å². The van der Waals surface area contributed by atoms with Gasteiger partial charge in [-0.25, -0.2) is 10.0 Å². The van der Waals surface area contributed by atoms with E-state index in [0.29, 0.717) is 0 Å². The molecule has 12 heteroatoms. The Labute approximate surface area is 167 Å². The van der Waals surface area contributed by atoms with E-state index in [1.54, 1.807) is 34.9 Å². The Morgan fingerprint density at radius 2 is 1.55 bits per heavy atom. The number of nitrogens with zero attached hydrogens (tertiary/aromatic N) is 3. The van der Waals surface area contributed by atoms with Crippen LogP contribution in [0.15, 0.2) is 18.2 Å². The van der Waals surface area contributed by atoms with Gasteiger partial charge < -0.3 is 10.4 Å². The van der Waals surface area contributed by atoms with Gasteiger partial charge in [0.2, 0.25) is 0 Å². The standard InChI is InChI=1S/C17H25N5O7/c1-10(2)15(17(25)19-22(4,5)9-11(3)23)18-16(24)12-6-13(20(26)27)8-14(7-12)21(28)29/h6-8,10-11,15,23H,9H2,1-5H3,(H-,18,19,24,25)/p+1. The number of benzene rings is 1. The van der Waals surface area contributed by atoms with Crippen molar-refractivity contribution in [2.75, 3.05) is 20.6 Å². The number of hydrogen-bond acceptors (Lipinski definition) is 7. The molecule has 12 nitrogen and oxygen atoms in total. The van der Waals surface area contributed by atoms with Gasteiger partial charge in [-0.1, -0.05) is 13.8 Å². The molecule has 0 aliphatic heterocycles. The number of amides is 2. The first kappa shape index (κ1) is 23.9. The van der Waals surface area contributed by atoms with Crippen LogP contribution in [-0.4, -0.2) is 64.1 Å². The van der Waals surface area contributed by atoms with Gasteiger partial charge in [0.25, 0.3) is 23.2 Å². The number of non-ortho nitro benzene ring substituents is 2. The summed E-state index contributed by atoms with van der Waals surface area (Å²) in [7, 11) is 3.32. The summed E-state index contributed by atoms with van der Waals surface area (Å²) in [6, 6.07) is 1.56. The number of hydrogen-bond donors (Lipinski definition) is 3. The second-order valence-electron chi connectivity index (χ2n) is 7.64. The molecular formula is C17H26N5O7+. The van der Waals surface area contributed by atoms with Crippen molar-refractivity contribution in [1.82, 2.24) is 10.7 Å². The summed E-state index contributed by atoms with van der Waals surface area (Å²) < 4.78 is -0.0438. The van der Waals surface area contributed by atoms with E-state index < -0.39 is 45.2 Å². The Morgan fingerprint density at radius 3 is 1.93 bits per heavy atom. The van der Waals surface area contributed by atoms with Gasteiger partial charge in [0, 0.05) is 12.1 Å². The first-order valence-electron chi connectivity index (χ1n) is 8.81. The van der Waals surface area contributed by atoms with Crippen LogP contribution in [0.25, 0.3) is 0 Å². The Bertz CT molecular complexity index is 775. The summed E-state index contributed by atoms with van der Waals surface area (Å²) in [5, 5.41) is 34.0. The number of carbonyl (C=O) groups excluding carboxylic acids is 2. The maximum atomic E-state index is 12.7. The number of nitro groups is 2. The number of aliphatic hydroxyl groups excluding tert-OH is 1. The van der Waals surface area contributed by atoms with E-state index in [1.807, 2.05) is 0 Å². The molecule has 2 amide bonds. The number of nitro benzene ring substituents is 2. The second-order valence-corrected chi connectivity index (χ2v) is 7.64. The molecule has 0 bridgehead atoms. The van der Waals surface area contributed by atoms with Gasteiger partial charge in [-0.3, -0.25) is 29.8 Å². The third-order valence-corrected chi connectivity index (χ3v) is 3.96. The topological polar surface area (TPSA) is 165 Å². The molecule has 0 saturated carbocycles. The van der Waals surface area contributed by atoms with Crippen molar-refractivity contribution in [1.29, 1.82) is 0 Å². The molecule has 0 fully saturated rings. The number of nitrogens with one attached hydrogen (secondary N) is 2. The Morgan fingerprint density at radius 1 is 1.07 bits per heavy atom. The molecule has 0 aliphatic carbocycles. The molecule has 160 valence electrons. The molecule has 0 aliphatic rings. The van der Waals surface area contributed by atoms with Crippen LogP contribution < -0.4 is 10.7 Å². The zero-order chi connectivity index (χ0) is 22.5. The van der Waals surface area contributed by atoms with Crippen LogP contribution in [0.5, 0.6) is 0 Å². The molecule has 29 heavy (non-hydrogen) atoms. The van der Waals surface area contributed by atoms with E-state index >= 15 is 0 Å². The lowest BCUT2D eigenvalue weighted by Gasteiger charge is -2.32. The smallest absolute Gasteiger partial charge is 0.287 e. The molecular weight excluding hydrogens is 386 g/mol. The van der Waals surface area contributed by atoms with Crippen molar-refractivity contribution in [2.45, 2.75) is 32.9 Å². The average molecular weight is 412 g/mol. The first-order valence-corrected chi connectivity index (χ1v) is 8.81. The van der Waals surface area contributed by atoms with Crippen LogP contribution in [0.1, 0.15) is 31.1 Å². The van der Waals surface area contributed by atoms with Gasteiger partial charge in [0.05, 0.1) is 35.6 Å². The van der Waals surface area contributed by atoms with E-state index in [2.05, 4.69) is 10.7 Å². The quantitative estimate of drug-likeness (QED) is 0.306. The molecule has 2 atom stereocenters. The highest BCUT2D eigenvalue weighted by Crippen LogP contribution is 2.23. The fraction of sp³-hybridized carbons (Fsp3) is 0.529. The van der Waals surface area contributed by atoms with Crippen molar-refractivity contribution in [3.63, 3.8) is 0 Å². The van der Waals surface area contributed by atoms with Crippen LogP contribution in [0, 0.1) is 26.1 Å². The van der Waals surface area contributed by atoms with E-state index in [4.69, 9.17) is 0 Å². The largest absolute Gasteiger partial charge is 0.387 e. The molecule has 0 saturated heterocycles. The molecule has 2 unspecified atom stereocenters. The third kappa shape index (κ3) is 7.08. The Hall–Kier alpha value is -3.12. The summed E-state index contributed by atoms with van der Waals surface area (Å²) >= 11 is 0. The van der Waals surface area contributed by atoms with Crippen LogP contribution in [0.2, 0.25) is 0 Å². The summed E-state index contributed by atoms with van der Waals surface area (Å²) in [6.45, 7) is 5.18. The Balaban J connectivity index is 3.11. The zero-order valence-corrected chi connectivity index (χ0v) is 16.9. The summed E-state index contributed by atoms with van der Waals surface area (Å²) in [5.74, 6) is -1.73. The van der Waals surface area contributed by atoms with Crippen molar-refractivity contribution < 1.29 is 29.1 Å². The predicted octanol–water partition coefficient (Wildman–Crippen LogP) is 0.746. The van der Waals surface area contributed by atoms with Crippen molar-refractivity contribution in [3.8, 4) is 0 Å². The highest BCUT2D eigenvalue weighted by molar-refractivity contribution is 5.98. The van der Waals surface area contributed by atoms with E-state index in [0.717, 1.165) is 18.2 Å². The minimum Gasteiger partial charge on any atom is -0.387 e. The van der Waals surface area contributed by atoms with Crippen LogP contribution in [0.4, 0.5) is 11.4 Å². The highest BCUT2D eigenvalue weighted by atomic mass is 16.6. The summed E-state index contributed by atoms with van der Waals surface area (Å²) in [4.78, 5) is 45.6. The summed E-state index contributed by atoms with van der Waals surface area (Å²) in [6.07, 6.45) is -0.678. The first-order chi connectivity index (χ1) is 13.2. The van der Waals surface area contributed by atoms with Crippen LogP contribution >= 0.6 is 0 Å². The molecule has 1 aromatic carbocycles. The molecule has 0 heterocycles. The zero-order valence-electron chi connectivity index (χ0n) is 16.9. The molecule has 1 aromatic rings. The fourth-order valence-electron chi connectivity index (χ4n) is 2.77. The van der Waals surface area contributed by atoms with Crippen molar-refractivity contribution in [2.24, 2.45) is 5.92 Å². The molecule has 0 radical (unpaired) electrons. The van der Waals surface area contributed by atoms with Gasteiger partial charge in [-0.15, -0.1) is 0 Å². The van der Waals surface area contributed by atoms with Gasteiger partial charge in [0.15, 0.2) is 0 Å². The average Bonchev–Trinajstić information content (AvgIpc) is 2.56. The minimum atomic E-state index is -1.01. The second kappa shape index (κ2) is 9.39. The number of likely N-dealkylation sites (N-methyl/N-ethyl adjacent to an activating group) is 1. The number of quaternary nitrogens is 1. The van der Waals surface area contributed by atoms with Gasteiger partial charge in [-0.2, -0.15) is 0 Å². The minimum absolute atomic E-state index is 0.0438. The van der Waals surface area contributed by atoms with Gasteiger partial charge >= 0.3 is 0 Å². The van der Waals surface area contributed by atoms with E-state index in [1.165, 1.54) is 0 Å². The van der Waals surface area contributed by atoms with Gasteiger partial charge in [-0.05, 0) is 12.8 Å². The van der Waals surface area contributed by atoms with Gasteiger partial charge in [0.1, 0.15) is 18.7 Å². The van der Waals surface area contributed by atoms with Crippen LogP contribution in [0.3, 0.4) is 0 Å². The third-order valence-electron chi connectivity index (χ3n) is 3.96. The maximum Gasteiger partial charge on any atom is 0.287 e. The van der Waals surface area contributed by atoms with Crippen LogP contribution in [-0.2, 0) is 4.79 Å². The lowest BCUT2D eigenvalue weighted by molar-refractivity contribution is -0.927. The van der Waals surface area contributed by atoms with E-state index in [-0.39, 0.29) is 22.6 Å². The fourth-order valence-corrected chi connectivity index (χ4v) is 2.77. The lowest BCUT2D eigenvalue weighted by atomic mass is 10.0. The summed E-state index contributed by atoms with van der Waals surface area (Å²) in [5.41, 5.74) is 1.18.